The molecule has 0 saturated carbocycles. The Hall–Kier alpha value is -1.43. The van der Waals surface area contributed by atoms with Crippen LogP contribution in [0.2, 0.25) is 0 Å². The fourth-order valence-corrected chi connectivity index (χ4v) is 2.51. The molecule has 0 spiro atoms. The molecule has 0 radical (unpaired) electrons. The molecule has 2 heterocycles. The van der Waals surface area contributed by atoms with Crippen LogP contribution in [0.3, 0.4) is 0 Å². The van der Waals surface area contributed by atoms with Gasteiger partial charge in [-0.3, -0.25) is 9.69 Å². The van der Waals surface area contributed by atoms with Crippen molar-refractivity contribution in [2.45, 2.75) is 44.7 Å². The van der Waals surface area contributed by atoms with Gasteiger partial charge in [-0.05, 0) is 32.9 Å². The Balaban J connectivity index is 1.68. The van der Waals surface area contributed by atoms with Crippen molar-refractivity contribution in [1.82, 2.24) is 25.0 Å². The van der Waals surface area contributed by atoms with Gasteiger partial charge in [-0.1, -0.05) is 12.8 Å². The maximum Gasteiger partial charge on any atom is 0.237 e. The van der Waals surface area contributed by atoms with Crippen molar-refractivity contribution in [3.8, 4) is 0 Å². The van der Waals surface area contributed by atoms with E-state index in [-0.39, 0.29) is 11.9 Å². The lowest BCUT2D eigenvalue weighted by Crippen LogP contribution is -2.45. The first kappa shape index (κ1) is 14.0. The van der Waals surface area contributed by atoms with Crippen molar-refractivity contribution in [3.63, 3.8) is 0 Å². The third kappa shape index (κ3) is 4.31. The second-order valence-corrected chi connectivity index (χ2v) is 5.19. The molecular formula is C13H23N5O. The van der Waals surface area contributed by atoms with Gasteiger partial charge in [0.1, 0.15) is 12.7 Å². The Morgan fingerprint density at radius 2 is 2.11 bits per heavy atom. The van der Waals surface area contributed by atoms with Gasteiger partial charge in [-0.2, -0.15) is 0 Å². The molecule has 1 atom stereocenters. The minimum atomic E-state index is 0.0532. The van der Waals surface area contributed by atoms with Crippen molar-refractivity contribution < 1.29 is 4.79 Å². The minimum Gasteiger partial charge on any atom is -0.355 e. The van der Waals surface area contributed by atoms with Gasteiger partial charge in [0.05, 0.1) is 6.04 Å². The van der Waals surface area contributed by atoms with E-state index in [1.54, 1.807) is 12.7 Å². The summed E-state index contributed by atoms with van der Waals surface area (Å²) in [5.41, 5.74) is 0. The average molecular weight is 265 g/mol. The fraction of sp³-hybridized carbons (Fsp3) is 0.769. The number of hydrogen-bond donors (Lipinski definition) is 1. The normalized spacial score (nSPS) is 21.0. The van der Waals surface area contributed by atoms with Crippen molar-refractivity contribution >= 4 is 5.91 Å². The zero-order chi connectivity index (χ0) is 13.5. The van der Waals surface area contributed by atoms with Crippen molar-refractivity contribution in [2.24, 2.45) is 0 Å². The number of aryl methyl sites for hydroxylation is 1. The number of likely N-dealkylation sites (N-methyl/N-ethyl adjacent to an activating group) is 1. The first-order valence-electron chi connectivity index (χ1n) is 7.08. The molecule has 0 bridgehead atoms. The highest BCUT2D eigenvalue weighted by molar-refractivity contribution is 5.81. The van der Waals surface area contributed by atoms with Crippen LogP contribution >= 0.6 is 0 Å². The number of hydrogen-bond acceptors (Lipinski definition) is 4. The average Bonchev–Trinajstić information content (AvgIpc) is 2.82. The summed E-state index contributed by atoms with van der Waals surface area (Å²) in [7, 11) is 2.05. The quantitative estimate of drug-likeness (QED) is 0.794. The van der Waals surface area contributed by atoms with Gasteiger partial charge in [0.25, 0.3) is 0 Å². The third-order valence-electron chi connectivity index (χ3n) is 3.68. The molecule has 1 saturated heterocycles. The fourth-order valence-electron chi connectivity index (χ4n) is 2.51. The van der Waals surface area contributed by atoms with Gasteiger partial charge in [0, 0.05) is 13.1 Å². The molecule has 106 valence electrons. The Morgan fingerprint density at radius 3 is 2.89 bits per heavy atom. The van der Waals surface area contributed by atoms with Crippen molar-refractivity contribution in [1.29, 1.82) is 0 Å². The molecule has 1 aromatic rings. The Bertz CT molecular complexity index is 378. The van der Waals surface area contributed by atoms with Crippen LogP contribution in [0.5, 0.6) is 0 Å². The molecule has 1 aromatic heterocycles. The van der Waals surface area contributed by atoms with E-state index in [0.717, 1.165) is 32.4 Å². The Labute approximate surface area is 114 Å². The second kappa shape index (κ2) is 7.23. The van der Waals surface area contributed by atoms with Crippen LogP contribution in [0.25, 0.3) is 0 Å². The van der Waals surface area contributed by atoms with Gasteiger partial charge in [0.2, 0.25) is 5.91 Å². The lowest BCUT2D eigenvalue weighted by atomic mass is 10.1. The molecular weight excluding hydrogens is 242 g/mol. The molecule has 1 aliphatic rings. The van der Waals surface area contributed by atoms with E-state index in [0.29, 0.717) is 6.54 Å². The molecule has 6 heteroatoms. The van der Waals surface area contributed by atoms with E-state index in [1.807, 2.05) is 11.6 Å². The van der Waals surface area contributed by atoms with Gasteiger partial charge in [-0.15, -0.1) is 10.2 Å². The molecule has 6 nitrogen and oxygen atoms in total. The van der Waals surface area contributed by atoms with Crippen LogP contribution in [0.15, 0.2) is 12.7 Å². The van der Waals surface area contributed by atoms with Crippen molar-refractivity contribution in [2.75, 3.05) is 20.1 Å². The molecule has 2 rings (SSSR count). The van der Waals surface area contributed by atoms with Crippen LogP contribution in [0, 0.1) is 0 Å². The maximum atomic E-state index is 12.1. The van der Waals surface area contributed by atoms with Gasteiger partial charge < -0.3 is 9.88 Å². The topological polar surface area (TPSA) is 63.1 Å². The number of rotatable bonds is 5. The number of likely N-dealkylation sites (tertiary alicyclic amines) is 1. The van der Waals surface area contributed by atoms with Crippen LogP contribution in [0.1, 0.15) is 32.1 Å². The first-order valence-corrected chi connectivity index (χ1v) is 7.08. The standard InChI is InChI=1S/C13H23N5O/c1-17-8-4-2-3-6-12(17)13(19)14-7-5-9-18-10-15-16-11-18/h10-12H,2-9H2,1H3,(H,14,19)/t12-/m0/s1. The molecule has 19 heavy (non-hydrogen) atoms. The zero-order valence-electron chi connectivity index (χ0n) is 11.6. The van der Waals surface area contributed by atoms with Gasteiger partial charge in [0.15, 0.2) is 0 Å². The predicted octanol–water partition coefficient (Wildman–Crippen LogP) is 0.659. The van der Waals surface area contributed by atoms with E-state index in [2.05, 4.69) is 20.4 Å². The van der Waals surface area contributed by atoms with Crippen LogP contribution in [0.4, 0.5) is 0 Å². The zero-order valence-corrected chi connectivity index (χ0v) is 11.6. The summed E-state index contributed by atoms with van der Waals surface area (Å²) in [6, 6.07) is 0.0532. The van der Waals surface area contributed by atoms with Crippen LogP contribution in [-0.2, 0) is 11.3 Å². The molecule has 0 unspecified atom stereocenters. The summed E-state index contributed by atoms with van der Waals surface area (Å²) in [5, 5.41) is 10.5. The molecule has 1 N–H and O–H groups in total. The number of nitrogens with one attached hydrogen (secondary N) is 1. The molecule has 0 aliphatic carbocycles. The number of carbonyl (C=O) groups excluding carboxylic acids is 1. The first-order chi connectivity index (χ1) is 9.27. The molecule has 1 aliphatic heterocycles. The summed E-state index contributed by atoms with van der Waals surface area (Å²) < 4.78 is 1.92. The summed E-state index contributed by atoms with van der Waals surface area (Å²) in [6.07, 6.45) is 8.87. The van der Waals surface area contributed by atoms with E-state index in [1.165, 1.54) is 12.8 Å². The lowest BCUT2D eigenvalue weighted by Gasteiger charge is -2.24. The van der Waals surface area contributed by atoms with Crippen LogP contribution in [-0.4, -0.2) is 51.8 Å². The Morgan fingerprint density at radius 1 is 1.32 bits per heavy atom. The molecule has 1 amide bonds. The van der Waals surface area contributed by atoms with Crippen molar-refractivity contribution in [3.05, 3.63) is 12.7 Å². The highest BCUT2D eigenvalue weighted by Gasteiger charge is 2.23. The number of amides is 1. The number of nitrogens with zero attached hydrogens (tertiary/aromatic N) is 4. The second-order valence-electron chi connectivity index (χ2n) is 5.19. The summed E-state index contributed by atoms with van der Waals surface area (Å²) in [5.74, 6) is 0.174. The third-order valence-corrected chi connectivity index (χ3v) is 3.68. The molecule has 0 aromatic carbocycles. The Kier molecular flexibility index (Phi) is 5.32. The summed E-state index contributed by atoms with van der Waals surface area (Å²) >= 11 is 0. The largest absolute Gasteiger partial charge is 0.355 e. The maximum absolute atomic E-state index is 12.1. The van der Waals surface area contributed by atoms with E-state index in [4.69, 9.17) is 0 Å². The monoisotopic (exact) mass is 265 g/mol. The summed E-state index contributed by atoms with van der Waals surface area (Å²) in [4.78, 5) is 14.3. The number of carbonyl (C=O) groups is 1. The smallest absolute Gasteiger partial charge is 0.237 e. The number of aromatic nitrogens is 3. The highest BCUT2D eigenvalue weighted by atomic mass is 16.2. The minimum absolute atomic E-state index is 0.0532. The lowest BCUT2D eigenvalue weighted by molar-refractivity contribution is -0.126. The molecule has 1 fully saturated rings. The van der Waals surface area contributed by atoms with E-state index < -0.39 is 0 Å². The van der Waals surface area contributed by atoms with E-state index >= 15 is 0 Å². The summed E-state index contributed by atoms with van der Waals surface area (Å²) in [6.45, 7) is 2.58. The van der Waals surface area contributed by atoms with Crippen LogP contribution < -0.4 is 5.32 Å². The SMILES string of the molecule is CN1CCCCC[C@H]1C(=O)NCCCn1cnnc1. The predicted molar refractivity (Wildman–Crippen MR) is 72.5 cm³/mol. The van der Waals surface area contributed by atoms with Gasteiger partial charge in [-0.25, -0.2) is 0 Å². The highest BCUT2D eigenvalue weighted by Crippen LogP contribution is 2.14. The van der Waals surface area contributed by atoms with E-state index in [9.17, 15) is 4.79 Å². The van der Waals surface area contributed by atoms with Gasteiger partial charge >= 0.3 is 0 Å².